The fourth-order valence-electron chi connectivity index (χ4n) is 1.45. The molecule has 0 spiro atoms. The highest BCUT2D eigenvalue weighted by atomic mass is 79.9. The highest BCUT2D eigenvalue weighted by Crippen LogP contribution is 2.23. The number of aromatic nitrogens is 3. The quantitative estimate of drug-likeness (QED) is 0.912. The van der Waals surface area contributed by atoms with Gasteiger partial charge in [-0.2, -0.15) is 5.10 Å². The van der Waals surface area contributed by atoms with Crippen LogP contribution in [0, 0.1) is 0 Å². The van der Waals surface area contributed by atoms with Crippen molar-refractivity contribution in [2.45, 2.75) is 19.5 Å². The predicted octanol–water partition coefficient (Wildman–Crippen LogP) is 1.98. The van der Waals surface area contributed by atoms with Crippen LogP contribution in [0.1, 0.15) is 18.7 Å². The van der Waals surface area contributed by atoms with Crippen molar-refractivity contribution in [3.63, 3.8) is 0 Å². The molecule has 0 aliphatic rings. The zero-order valence-corrected chi connectivity index (χ0v) is 10.5. The number of nitrogens with one attached hydrogen (secondary N) is 1. The molecule has 2 aromatic rings. The van der Waals surface area contributed by atoms with Crippen molar-refractivity contribution in [3.05, 3.63) is 35.2 Å². The zero-order chi connectivity index (χ0) is 11.4. The van der Waals surface area contributed by atoms with E-state index in [0.29, 0.717) is 0 Å². The van der Waals surface area contributed by atoms with Crippen molar-refractivity contribution in [1.29, 1.82) is 0 Å². The van der Waals surface area contributed by atoms with Crippen LogP contribution in [0.2, 0.25) is 0 Å². The van der Waals surface area contributed by atoms with E-state index in [2.05, 4.69) is 38.3 Å². The average molecular weight is 285 g/mol. The maximum absolute atomic E-state index is 5.37. The number of rotatable bonds is 5. The Labute approximate surface area is 102 Å². The summed E-state index contributed by atoms with van der Waals surface area (Å²) in [7, 11) is 0. The zero-order valence-electron chi connectivity index (χ0n) is 8.93. The lowest BCUT2D eigenvalue weighted by Crippen LogP contribution is -2.23. The minimum Gasteiger partial charge on any atom is -0.466 e. The van der Waals surface area contributed by atoms with Crippen LogP contribution >= 0.6 is 15.9 Å². The molecule has 0 aliphatic carbocycles. The molecule has 5 nitrogen and oxygen atoms in total. The summed E-state index contributed by atoms with van der Waals surface area (Å²) < 4.78 is 8.15. The third kappa shape index (κ3) is 2.70. The average Bonchev–Trinajstić information content (AvgIpc) is 2.88. The first kappa shape index (κ1) is 11.3. The van der Waals surface area contributed by atoms with Crippen LogP contribution in [0.4, 0.5) is 0 Å². The van der Waals surface area contributed by atoms with E-state index in [1.165, 1.54) is 6.33 Å². The SMILES string of the molecule is CC(NCCn1cncn1)c1occc1Br. The lowest BCUT2D eigenvalue weighted by atomic mass is 10.2. The first-order valence-electron chi connectivity index (χ1n) is 5.06. The van der Waals surface area contributed by atoms with E-state index in [4.69, 9.17) is 4.42 Å². The first-order valence-corrected chi connectivity index (χ1v) is 5.85. The fraction of sp³-hybridized carbons (Fsp3) is 0.400. The van der Waals surface area contributed by atoms with E-state index in [0.717, 1.165) is 23.3 Å². The summed E-state index contributed by atoms with van der Waals surface area (Å²) in [5.41, 5.74) is 0. The molecule has 0 aliphatic heterocycles. The van der Waals surface area contributed by atoms with Gasteiger partial charge in [-0.3, -0.25) is 4.68 Å². The molecule has 6 heteroatoms. The molecule has 0 bridgehead atoms. The Hall–Kier alpha value is -1.14. The standard InChI is InChI=1S/C10H13BrN4O/c1-8(10-9(11)2-5-16-10)13-3-4-15-7-12-6-14-15/h2,5-8,13H,3-4H2,1H3. The molecule has 2 heterocycles. The molecule has 86 valence electrons. The largest absolute Gasteiger partial charge is 0.466 e. The summed E-state index contributed by atoms with van der Waals surface area (Å²) in [6, 6.07) is 2.07. The Morgan fingerprint density at radius 2 is 2.50 bits per heavy atom. The van der Waals surface area contributed by atoms with E-state index in [1.54, 1.807) is 17.3 Å². The third-order valence-corrected chi connectivity index (χ3v) is 2.95. The maximum atomic E-state index is 5.37. The van der Waals surface area contributed by atoms with Crippen molar-refractivity contribution in [3.8, 4) is 0 Å². The minimum absolute atomic E-state index is 0.174. The van der Waals surface area contributed by atoms with Crippen molar-refractivity contribution < 1.29 is 4.42 Å². The van der Waals surface area contributed by atoms with E-state index in [1.807, 2.05) is 6.07 Å². The van der Waals surface area contributed by atoms with E-state index < -0.39 is 0 Å². The fourth-order valence-corrected chi connectivity index (χ4v) is 2.00. The molecule has 0 amide bonds. The molecular weight excluding hydrogens is 272 g/mol. The molecule has 2 aromatic heterocycles. The summed E-state index contributed by atoms with van der Waals surface area (Å²) in [5, 5.41) is 7.38. The molecule has 1 atom stereocenters. The molecule has 1 N–H and O–H groups in total. The van der Waals surface area contributed by atoms with Gasteiger partial charge in [0, 0.05) is 6.54 Å². The number of furan rings is 1. The third-order valence-electron chi connectivity index (χ3n) is 2.30. The van der Waals surface area contributed by atoms with Crippen molar-refractivity contribution in [2.24, 2.45) is 0 Å². The normalized spacial score (nSPS) is 12.9. The Morgan fingerprint density at radius 3 is 3.12 bits per heavy atom. The van der Waals surface area contributed by atoms with Crippen LogP contribution < -0.4 is 5.32 Å². The molecule has 2 rings (SSSR count). The second-order valence-corrected chi connectivity index (χ2v) is 4.32. The van der Waals surface area contributed by atoms with Gasteiger partial charge in [-0.1, -0.05) is 0 Å². The Kier molecular flexibility index (Phi) is 3.74. The van der Waals surface area contributed by atoms with Gasteiger partial charge in [0.1, 0.15) is 18.4 Å². The monoisotopic (exact) mass is 284 g/mol. The highest BCUT2D eigenvalue weighted by molar-refractivity contribution is 9.10. The number of hydrogen-bond acceptors (Lipinski definition) is 4. The van der Waals surface area contributed by atoms with Crippen LogP contribution in [0.15, 0.2) is 33.9 Å². The summed E-state index contributed by atoms with van der Waals surface area (Å²) in [5.74, 6) is 0.915. The van der Waals surface area contributed by atoms with Crippen molar-refractivity contribution in [2.75, 3.05) is 6.54 Å². The Bertz CT molecular complexity index is 426. The van der Waals surface area contributed by atoms with Gasteiger partial charge in [-0.05, 0) is 28.9 Å². The summed E-state index contributed by atoms with van der Waals surface area (Å²) >= 11 is 3.44. The lowest BCUT2D eigenvalue weighted by Gasteiger charge is -2.11. The molecule has 0 aromatic carbocycles. The minimum atomic E-state index is 0.174. The Balaban J connectivity index is 1.80. The predicted molar refractivity (Wildman–Crippen MR) is 62.8 cm³/mol. The van der Waals surface area contributed by atoms with Gasteiger partial charge >= 0.3 is 0 Å². The lowest BCUT2D eigenvalue weighted by molar-refractivity contribution is 0.416. The molecule has 1 unspecified atom stereocenters. The van der Waals surface area contributed by atoms with Crippen LogP contribution in [-0.2, 0) is 6.54 Å². The molecule has 16 heavy (non-hydrogen) atoms. The number of halogens is 1. The molecule has 0 fully saturated rings. The second kappa shape index (κ2) is 5.27. The Morgan fingerprint density at radius 1 is 1.62 bits per heavy atom. The van der Waals surface area contributed by atoms with Gasteiger partial charge in [-0.25, -0.2) is 4.98 Å². The molecule has 0 saturated carbocycles. The molecule has 0 saturated heterocycles. The molecule has 0 radical (unpaired) electrons. The topological polar surface area (TPSA) is 55.9 Å². The van der Waals surface area contributed by atoms with Crippen molar-refractivity contribution in [1.82, 2.24) is 20.1 Å². The maximum Gasteiger partial charge on any atom is 0.137 e. The second-order valence-electron chi connectivity index (χ2n) is 3.47. The van der Waals surface area contributed by atoms with Gasteiger partial charge in [-0.15, -0.1) is 0 Å². The summed E-state index contributed by atoms with van der Waals surface area (Å²) in [6.45, 7) is 3.67. The summed E-state index contributed by atoms with van der Waals surface area (Å²) in [6.07, 6.45) is 4.91. The highest BCUT2D eigenvalue weighted by Gasteiger charge is 2.11. The molecular formula is C10H13BrN4O. The number of nitrogens with zero attached hydrogens (tertiary/aromatic N) is 3. The van der Waals surface area contributed by atoms with Gasteiger partial charge in [0.25, 0.3) is 0 Å². The van der Waals surface area contributed by atoms with Crippen LogP contribution in [0.25, 0.3) is 0 Å². The van der Waals surface area contributed by atoms with Crippen LogP contribution in [0.5, 0.6) is 0 Å². The van der Waals surface area contributed by atoms with E-state index >= 15 is 0 Å². The van der Waals surface area contributed by atoms with Crippen LogP contribution in [-0.4, -0.2) is 21.3 Å². The van der Waals surface area contributed by atoms with Gasteiger partial charge < -0.3 is 9.73 Å². The smallest absolute Gasteiger partial charge is 0.137 e. The van der Waals surface area contributed by atoms with Gasteiger partial charge in [0.15, 0.2) is 0 Å². The first-order chi connectivity index (χ1) is 7.77. The van der Waals surface area contributed by atoms with E-state index in [-0.39, 0.29) is 6.04 Å². The summed E-state index contributed by atoms with van der Waals surface area (Å²) in [4.78, 5) is 3.88. The van der Waals surface area contributed by atoms with Gasteiger partial charge in [0.05, 0.1) is 23.3 Å². The van der Waals surface area contributed by atoms with Crippen molar-refractivity contribution >= 4 is 15.9 Å². The van der Waals surface area contributed by atoms with E-state index in [9.17, 15) is 0 Å². The number of hydrogen-bond donors (Lipinski definition) is 1. The van der Waals surface area contributed by atoms with Crippen LogP contribution in [0.3, 0.4) is 0 Å². The van der Waals surface area contributed by atoms with Gasteiger partial charge in [0.2, 0.25) is 0 Å².